The molecular weight excluding hydrogens is 262 g/mol. The van der Waals surface area contributed by atoms with Gasteiger partial charge in [0.2, 0.25) is 0 Å². The molecular formula is C17H25N3O. The lowest BCUT2D eigenvalue weighted by Gasteiger charge is -2.14. The monoisotopic (exact) mass is 287 g/mol. The molecule has 2 rings (SSSR count). The molecule has 0 radical (unpaired) electrons. The van der Waals surface area contributed by atoms with Crippen molar-refractivity contribution in [2.24, 2.45) is 0 Å². The fourth-order valence-electron chi connectivity index (χ4n) is 2.21. The van der Waals surface area contributed by atoms with Crippen LogP contribution in [0.2, 0.25) is 0 Å². The van der Waals surface area contributed by atoms with Crippen molar-refractivity contribution in [2.45, 2.75) is 45.9 Å². The zero-order chi connectivity index (χ0) is 14.9. The second-order valence-corrected chi connectivity index (χ2v) is 5.46. The predicted octanol–water partition coefficient (Wildman–Crippen LogP) is 3.24. The van der Waals surface area contributed by atoms with E-state index in [0.717, 1.165) is 38.2 Å². The molecule has 1 aromatic carbocycles. The number of aryl methyl sites for hydroxylation is 1. The fourth-order valence-corrected chi connectivity index (χ4v) is 2.21. The van der Waals surface area contributed by atoms with Crippen LogP contribution < -0.4 is 10.1 Å². The van der Waals surface area contributed by atoms with Crippen LogP contribution >= 0.6 is 0 Å². The average molecular weight is 287 g/mol. The maximum atomic E-state index is 5.82. The third-order valence-corrected chi connectivity index (χ3v) is 3.23. The number of hydrogen-bond acceptors (Lipinski definition) is 3. The van der Waals surface area contributed by atoms with Gasteiger partial charge < -0.3 is 14.6 Å². The molecule has 0 aliphatic carbocycles. The highest BCUT2D eigenvalue weighted by Gasteiger charge is 2.04. The molecule has 0 aliphatic heterocycles. The Bertz CT molecular complexity index is 509. The van der Waals surface area contributed by atoms with Gasteiger partial charge in [0.1, 0.15) is 5.75 Å². The van der Waals surface area contributed by atoms with Gasteiger partial charge in [-0.1, -0.05) is 18.2 Å². The first-order chi connectivity index (χ1) is 10.3. The van der Waals surface area contributed by atoms with Crippen LogP contribution in [-0.4, -0.2) is 22.2 Å². The minimum atomic E-state index is 0.210. The zero-order valence-electron chi connectivity index (χ0n) is 13.0. The van der Waals surface area contributed by atoms with Gasteiger partial charge in [-0.3, -0.25) is 0 Å². The van der Waals surface area contributed by atoms with Crippen LogP contribution in [0.3, 0.4) is 0 Å². The summed E-state index contributed by atoms with van der Waals surface area (Å²) in [4.78, 5) is 4.04. The van der Waals surface area contributed by atoms with Crippen molar-refractivity contribution in [3.05, 3.63) is 48.5 Å². The van der Waals surface area contributed by atoms with Gasteiger partial charge in [-0.15, -0.1) is 0 Å². The third kappa shape index (κ3) is 5.60. The van der Waals surface area contributed by atoms with E-state index in [0.29, 0.717) is 0 Å². The number of ether oxygens (including phenoxy) is 1. The van der Waals surface area contributed by atoms with Crippen molar-refractivity contribution in [2.75, 3.05) is 6.54 Å². The van der Waals surface area contributed by atoms with E-state index < -0.39 is 0 Å². The molecule has 0 saturated carbocycles. The van der Waals surface area contributed by atoms with Crippen LogP contribution in [0, 0.1) is 0 Å². The maximum absolute atomic E-state index is 5.82. The lowest BCUT2D eigenvalue weighted by Crippen LogP contribution is -2.17. The van der Waals surface area contributed by atoms with Crippen LogP contribution in [0.15, 0.2) is 43.0 Å². The average Bonchev–Trinajstić information content (AvgIpc) is 2.97. The summed E-state index contributed by atoms with van der Waals surface area (Å²) in [6.45, 7) is 7.02. The molecule has 0 bridgehead atoms. The Balaban J connectivity index is 1.66. The number of aromatic nitrogens is 2. The van der Waals surface area contributed by atoms with E-state index in [9.17, 15) is 0 Å². The highest BCUT2D eigenvalue weighted by atomic mass is 16.5. The van der Waals surface area contributed by atoms with Crippen molar-refractivity contribution in [1.82, 2.24) is 14.9 Å². The molecule has 2 aromatic rings. The summed E-state index contributed by atoms with van der Waals surface area (Å²) < 4.78 is 7.94. The van der Waals surface area contributed by atoms with E-state index in [1.807, 2.05) is 30.9 Å². The number of para-hydroxylation sites is 1. The van der Waals surface area contributed by atoms with Crippen LogP contribution in [0.25, 0.3) is 0 Å². The van der Waals surface area contributed by atoms with E-state index in [1.165, 1.54) is 5.56 Å². The van der Waals surface area contributed by atoms with Crippen molar-refractivity contribution >= 4 is 0 Å². The van der Waals surface area contributed by atoms with E-state index in [1.54, 1.807) is 0 Å². The molecule has 21 heavy (non-hydrogen) atoms. The summed E-state index contributed by atoms with van der Waals surface area (Å²) >= 11 is 0. The lowest BCUT2D eigenvalue weighted by molar-refractivity contribution is 0.239. The summed E-state index contributed by atoms with van der Waals surface area (Å²) in [7, 11) is 0. The van der Waals surface area contributed by atoms with Crippen LogP contribution in [0.5, 0.6) is 5.75 Å². The Labute approximate surface area is 127 Å². The zero-order valence-corrected chi connectivity index (χ0v) is 13.0. The molecule has 0 atom stereocenters. The largest absolute Gasteiger partial charge is 0.491 e. The normalized spacial score (nSPS) is 11.0. The van der Waals surface area contributed by atoms with Crippen molar-refractivity contribution in [3.8, 4) is 5.75 Å². The van der Waals surface area contributed by atoms with Gasteiger partial charge in [0.25, 0.3) is 0 Å². The first-order valence-corrected chi connectivity index (χ1v) is 7.66. The SMILES string of the molecule is CC(C)Oc1ccccc1CNCCCCn1ccnc1. The molecule has 4 nitrogen and oxygen atoms in total. The lowest BCUT2D eigenvalue weighted by atomic mass is 10.2. The number of hydrogen-bond donors (Lipinski definition) is 1. The Morgan fingerprint density at radius 2 is 2.10 bits per heavy atom. The van der Waals surface area contributed by atoms with Crippen LogP contribution in [0.4, 0.5) is 0 Å². The van der Waals surface area contributed by atoms with E-state index in [2.05, 4.69) is 40.8 Å². The van der Waals surface area contributed by atoms with Crippen molar-refractivity contribution in [3.63, 3.8) is 0 Å². The third-order valence-electron chi connectivity index (χ3n) is 3.23. The molecule has 0 saturated heterocycles. The number of benzene rings is 1. The second kappa shape index (κ2) is 8.47. The van der Waals surface area contributed by atoms with E-state index >= 15 is 0 Å². The molecule has 1 aromatic heterocycles. The smallest absolute Gasteiger partial charge is 0.124 e. The minimum absolute atomic E-state index is 0.210. The predicted molar refractivity (Wildman–Crippen MR) is 85.4 cm³/mol. The Hall–Kier alpha value is -1.81. The Kier molecular flexibility index (Phi) is 6.28. The summed E-state index contributed by atoms with van der Waals surface area (Å²) in [6.07, 6.45) is 8.23. The number of nitrogens with zero attached hydrogens (tertiary/aromatic N) is 2. The quantitative estimate of drug-likeness (QED) is 0.720. The maximum Gasteiger partial charge on any atom is 0.124 e. The summed E-state index contributed by atoms with van der Waals surface area (Å²) in [5.74, 6) is 0.985. The topological polar surface area (TPSA) is 39.1 Å². The van der Waals surface area contributed by atoms with Gasteiger partial charge in [0, 0.05) is 31.0 Å². The van der Waals surface area contributed by atoms with Gasteiger partial charge in [-0.2, -0.15) is 0 Å². The number of rotatable bonds is 9. The van der Waals surface area contributed by atoms with Gasteiger partial charge in [0.15, 0.2) is 0 Å². The molecule has 4 heteroatoms. The van der Waals surface area contributed by atoms with Gasteiger partial charge in [0.05, 0.1) is 12.4 Å². The van der Waals surface area contributed by atoms with Gasteiger partial charge >= 0.3 is 0 Å². The van der Waals surface area contributed by atoms with Crippen molar-refractivity contribution in [1.29, 1.82) is 0 Å². The summed E-state index contributed by atoms with van der Waals surface area (Å²) in [5.41, 5.74) is 1.22. The molecule has 0 unspecified atom stereocenters. The van der Waals surface area contributed by atoms with Crippen molar-refractivity contribution < 1.29 is 4.74 Å². The van der Waals surface area contributed by atoms with Crippen LogP contribution in [-0.2, 0) is 13.1 Å². The minimum Gasteiger partial charge on any atom is -0.491 e. The standard InChI is InChI=1S/C17H25N3O/c1-15(2)21-17-8-4-3-7-16(17)13-18-9-5-6-11-20-12-10-19-14-20/h3-4,7-8,10,12,14-15,18H,5-6,9,11,13H2,1-2H3. The van der Waals surface area contributed by atoms with Gasteiger partial charge in [-0.05, 0) is 39.3 Å². The summed E-state index contributed by atoms with van der Waals surface area (Å²) in [6, 6.07) is 8.24. The molecule has 114 valence electrons. The first kappa shape index (κ1) is 15.6. The highest BCUT2D eigenvalue weighted by Crippen LogP contribution is 2.19. The van der Waals surface area contributed by atoms with E-state index in [4.69, 9.17) is 4.74 Å². The second-order valence-electron chi connectivity index (χ2n) is 5.46. The molecule has 0 aliphatic rings. The molecule has 0 fully saturated rings. The Morgan fingerprint density at radius 1 is 1.24 bits per heavy atom. The molecule has 1 heterocycles. The first-order valence-electron chi connectivity index (χ1n) is 7.66. The Morgan fingerprint density at radius 3 is 2.86 bits per heavy atom. The molecule has 0 amide bonds. The summed E-state index contributed by atoms with van der Waals surface area (Å²) in [5, 5.41) is 3.49. The van der Waals surface area contributed by atoms with Gasteiger partial charge in [-0.25, -0.2) is 4.98 Å². The van der Waals surface area contributed by atoms with E-state index in [-0.39, 0.29) is 6.10 Å². The molecule has 0 spiro atoms. The number of imidazole rings is 1. The molecule has 1 N–H and O–H groups in total. The number of unbranched alkanes of at least 4 members (excludes halogenated alkanes) is 1. The fraction of sp³-hybridized carbons (Fsp3) is 0.471. The van der Waals surface area contributed by atoms with Crippen LogP contribution in [0.1, 0.15) is 32.3 Å². The highest BCUT2D eigenvalue weighted by molar-refractivity contribution is 5.33. The number of nitrogens with one attached hydrogen (secondary N) is 1.